The predicted octanol–water partition coefficient (Wildman–Crippen LogP) is 2.05. The number of thioether (sulfide) groups is 1. The summed E-state index contributed by atoms with van der Waals surface area (Å²) in [6.07, 6.45) is 1.98. The first kappa shape index (κ1) is 23.2. The second kappa shape index (κ2) is 11.8. The van der Waals surface area contributed by atoms with Gasteiger partial charge in [0.2, 0.25) is 0 Å². The molecule has 0 aliphatic heterocycles. The van der Waals surface area contributed by atoms with Crippen LogP contribution in [0.2, 0.25) is 0 Å². The lowest BCUT2D eigenvalue weighted by atomic mass is 10.1. The fourth-order valence-corrected chi connectivity index (χ4v) is 3.61. The molecule has 0 saturated carbocycles. The number of rotatable bonds is 11. The first-order chi connectivity index (χ1) is 13.9. The first-order valence-electron chi connectivity index (χ1n) is 10.3. The van der Waals surface area contributed by atoms with Crippen molar-refractivity contribution < 1.29 is 9.69 Å². The Morgan fingerprint density at radius 3 is 2.52 bits per heavy atom. The van der Waals surface area contributed by atoms with E-state index < -0.39 is 0 Å². The number of hydrogen-bond donors (Lipinski definition) is 2. The topological polar surface area (TPSA) is 62.6 Å². The number of aromatic nitrogens is 2. The van der Waals surface area contributed by atoms with Crippen molar-refractivity contribution in [1.82, 2.24) is 15.3 Å². The van der Waals surface area contributed by atoms with Crippen LogP contribution in [0, 0.1) is 0 Å². The second-order valence-corrected chi connectivity index (χ2v) is 8.42. The van der Waals surface area contributed by atoms with Gasteiger partial charge in [-0.3, -0.25) is 4.79 Å². The van der Waals surface area contributed by atoms with Crippen LogP contribution in [0.1, 0.15) is 41.9 Å². The van der Waals surface area contributed by atoms with E-state index in [1.54, 1.807) is 11.8 Å². The maximum Gasteiger partial charge on any atom is 0.251 e. The Hall–Kier alpha value is -2.12. The molecule has 0 atom stereocenters. The van der Waals surface area contributed by atoms with Gasteiger partial charge in [0.05, 0.1) is 27.2 Å². The lowest BCUT2D eigenvalue weighted by Crippen LogP contribution is -3.06. The Morgan fingerprint density at radius 1 is 1.17 bits per heavy atom. The Balaban J connectivity index is 1.97. The number of amides is 1. The molecule has 0 fully saturated rings. The number of aryl methyl sites for hydroxylation is 1. The van der Waals surface area contributed by atoms with Gasteiger partial charge in [-0.15, -0.1) is 0 Å². The summed E-state index contributed by atoms with van der Waals surface area (Å²) in [6.45, 7) is 6.85. The smallest absolute Gasteiger partial charge is 0.251 e. The summed E-state index contributed by atoms with van der Waals surface area (Å²) >= 11 is 1.63. The zero-order valence-corrected chi connectivity index (χ0v) is 19.1. The molecule has 0 aliphatic carbocycles. The van der Waals surface area contributed by atoms with Gasteiger partial charge in [0, 0.05) is 36.7 Å². The second-order valence-electron chi connectivity index (χ2n) is 7.47. The minimum atomic E-state index is -0.0203. The molecule has 2 aromatic rings. The van der Waals surface area contributed by atoms with Crippen LogP contribution < -0.4 is 15.1 Å². The summed E-state index contributed by atoms with van der Waals surface area (Å²) in [5, 5.41) is 3.76. The van der Waals surface area contributed by atoms with E-state index in [1.165, 1.54) is 4.90 Å². The van der Waals surface area contributed by atoms with E-state index in [2.05, 4.69) is 56.3 Å². The van der Waals surface area contributed by atoms with Crippen LogP contribution in [0.5, 0.6) is 0 Å². The molecule has 0 bridgehead atoms. The Bertz CT molecular complexity index is 779. The van der Waals surface area contributed by atoms with Crippen LogP contribution in [0.4, 0.5) is 5.82 Å². The van der Waals surface area contributed by atoms with Crippen molar-refractivity contribution in [2.45, 2.75) is 37.6 Å². The van der Waals surface area contributed by atoms with E-state index in [9.17, 15) is 4.79 Å². The first-order valence-corrected chi connectivity index (χ1v) is 11.3. The summed E-state index contributed by atoms with van der Waals surface area (Å²) in [7, 11) is 6.22. The molecule has 0 radical (unpaired) electrons. The fourth-order valence-electron chi connectivity index (χ4n) is 2.78. The average molecular weight is 417 g/mol. The maximum atomic E-state index is 12.2. The van der Waals surface area contributed by atoms with Gasteiger partial charge in [0.15, 0.2) is 5.16 Å². The van der Waals surface area contributed by atoms with Crippen molar-refractivity contribution in [3.8, 4) is 0 Å². The molecule has 0 saturated heterocycles. The van der Waals surface area contributed by atoms with Crippen molar-refractivity contribution in [2.75, 3.05) is 45.7 Å². The van der Waals surface area contributed by atoms with Crippen LogP contribution in [0.15, 0.2) is 35.5 Å². The molecule has 2 rings (SSSR count). The Labute approximate surface area is 179 Å². The highest BCUT2D eigenvalue weighted by Crippen LogP contribution is 2.23. The number of carbonyl (C=O) groups is 1. The summed E-state index contributed by atoms with van der Waals surface area (Å²) in [6, 6.07) is 9.86. The zero-order valence-electron chi connectivity index (χ0n) is 18.3. The van der Waals surface area contributed by atoms with E-state index in [0.717, 1.165) is 53.9 Å². The van der Waals surface area contributed by atoms with E-state index in [-0.39, 0.29) is 5.91 Å². The SMILES string of the molecule is CCCN(C)c1cc(CC)nc(SCc2ccc(C(=O)NCC[NH+](C)C)cc2)n1. The molecule has 7 heteroatoms. The number of carbonyl (C=O) groups excluding carboxylic acids is 1. The van der Waals surface area contributed by atoms with Gasteiger partial charge in [-0.25, -0.2) is 9.97 Å². The van der Waals surface area contributed by atoms with Crippen molar-refractivity contribution >= 4 is 23.5 Å². The number of anilines is 1. The average Bonchev–Trinajstić information content (AvgIpc) is 2.72. The van der Waals surface area contributed by atoms with Gasteiger partial charge in [-0.2, -0.15) is 0 Å². The van der Waals surface area contributed by atoms with Gasteiger partial charge in [-0.1, -0.05) is 37.7 Å². The third-order valence-corrected chi connectivity index (χ3v) is 5.47. The molecule has 0 spiro atoms. The van der Waals surface area contributed by atoms with Gasteiger partial charge in [0.1, 0.15) is 5.82 Å². The number of benzene rings is 1. The summed E-state index contributed by atoms with van der Waals surface area (Å²) < 4.78 is 0. The normalized spacial score (nSPS) is 11.0. The molecular weight excluding hydrogens is 382 g/mol. The summed E-state index contributed by atoms with van der Waals surface area (Å²) in [4.78, 5) is 25.1. The van der Waals surface area contributed by atoms with Gasteiger partial charge in [-0.05, 0) is 30.5 Å². The number of nitrogens with zero attached hydrogens (tertiary/aromatic N) is 3. The highest BCUT2D eigenvalue weighted by atomic mass is 32.2. The number of nitrogens with one attached hydrogen (secondary N) is 2. The van der Waals surface area contributed by atoms with Crippen LogP contribution >= 0.6 is 11.8 Å². The highest BCUT2D eigenvalue weighted by Gasteiger charge is 2.09. The van der Waals surface area contributed by atoms with Crippen molar-refractivity contribution in [3.63, 3.8) is 0 Å². The molecule has 1 aromatic heterocycles. The van der Waals surface area contributed by atoms with E-state index in [4.69, 9.17) is 4.98 Å². The molecule has 0 aliphatic rings. The van der Waals surface area contributed by atoms with Crippen LogP contribution in [0.3, 0.4) is 0 Å². The number of likely N-dealkylation sites (N-methyl/N-ethyl adjacent to an activating group) is 1. The predicted molar refractivity (Wildman–Crippen MR) is 121 cm³/mol. The minimum Gasteiger partial charge on any atom is -0.360 e. The van der Waals surface area contributed by atoms with Crippen LogP contribution in [-0.4, -0.2) is 56.7 Å². The van der Waals surface area contributed by atoms with Crippen LogP contribution in [0.25, 0.3) is 0 Å². The molecule has 6 nitrogen and oxygen atoms in total. The van der Waals surface area contributed by atoms with E-state index in [0.29, 0.717) is 12.1 Å². The number of quaternary nitrogens is 1. The molecule has 158 valence electrons. The number of hydrogen-bond acceptors (Lipinski definition) is 5. The molecular formula is C22H34N5OS+. The van der Waals surface area contributed by atoms with Crippen molar-refractivity contribution in [3.05, 3.63) is 47.2 Å². The summed E-state index contributed by atoms with van der Waals surface area (Å²) in [5.74, 6) is 1.73. The fraction of sp³-hybridized carbons (Fsp3) is 0.500. The molecule has 0 unspecified atom stereocenters. The third kappa shape index (κ3) is 7.66. The minimum absolute atomic E-state index is 0.0203. The Morgan fingerprint density at radius 2 is 1.90 bits per heavy atom. The monoisotopic (exact) mass is 416 g/mol. The molecule has 1 heterocycles. The van der Waals surface area contributed by atoms with Gasteiger partial charge >= 0.3 is 0 Å². The van der Waals surface area contributed by atoms with Crippen molar-refractivity contribution in [2.24, 2.45) is 0 Å². The van der Waals surface area contributed by atoms with Crippen LogP contribution in [-0.2, 0) is 12.2 Å². The molecule has 1 amide bonds. The molecule has 29 heavy (non-hydrogen) atoms. The largest absolute Gasteiger partial charge is 0.360 e. The van der Waals surface area contributed by atoms with Gasteiger partial charge < -0.3 is 15.1 Å². The lowest BCUT2D eigenvalue weighted by Gasteiger charge is -2.18. The molecule has 2 N–H and O–H groups in total. The quantitative estimate of drug-likeness (QED) is 0.434. The zero-order chi connectivity index (χ0) is 21.2. The lowest BCUT2D eigenvalue weighted by molar-refractivity contribution is -0.856. The maximum absolute atomic E-state index is 12.2. The third-order valence-electron chi connectivity index (χ3n) is 4.55. The Kier molecular flexibility index (Phi) is 9.41. The van der Waals surface area contributed by atoms with E-state index >= 15 is 0 Å². The standard InChI is InChI=1S/C22H33N5OS/c1-6-13-27(5)20-15-19(7-2)24-22(25-20)29-16-17-8-10-18(11-9-17)21(28)23-12-14-26(3)4/h8-11,15H,6-7,12-14,16H2,1-5H3,(H,23,28)/p+1. The van der Waals surface area contributed by atoms with Gasteiger partial charge in [0.25, 0.3) is 5.91 Å². The van der Waals surface area contributed by atoms with E-state index in [1.807, 2.05) is 24.3 Å². The van der Waals surface area contributed by atoms with Crippen molar-refractivity contribution in [1.29, 1.82) is 0 Å². The molecule has 1 aromatic carbocycles. The summed E-state index contributed by atoms with van der Waals surface area (Å²) in [5.41, 5.74) is 2.91. The highest BCUT2D eigenvalue weighted by molar-refractivity contribution is 7.98.